The van der Waals surface area contributed by atoms with E-state index in [9.17, 15) is 4.79 Å². The van der Waals surface area contributed by atoms with Gasteiger partial charge in [-0.1, -0.05) is 0 Å². The maximum absolute atomic E-state index is 10.5. The van der Waals surface area contributed by atoms with Crippen LogP contribution in [-0.4, -0.2) is 17.9 Å². The minimum atomic E-state index is -0.762. The first-order valence-electron chi connectivity index (χ1n) is 5.39. The lowest BCUT2D eigenvalue weighted by atomic mass is 10.0. The summed E-state index contributed by atoms with van der Waals surface area (Å²) >= 11 is 3.48. The molecule has 1 aliphatic heterocycles. The van der Waals surface area contributed by atoms with Crippen LogP contribution in [0.1, 0.15) is 24.0 Å². The predicted octanol–water partition coefficient (Wildman–Crippen LogP) is 2.89. The van der Waals surface area contributed by atoms with Crippen molar-refractivity contribution in [3.63, 3.8) is 0 Å². The van der Waals surface area contributed by atoms with Crippen LogP contribution in [0.4, 0.5) is 0 Å². The van der Waals surface area contributed by atoms with Gasteiger partial charge in [0.15, 0.2) is 11.5 Å². The number of aliphatic carboxylic acids is 1. The highest BCUT2D eigenvalue weighted by Crippen LogP contribution is 2.42. The molecule has 0 radical (unpaired) electrons. The molecule has 0 saturated heterocycles. The van der Waals surface area contributed by atoms with Crippen molar-refractivity contribution in [1.82, 2.24) is 0 Å². The van der Waals surface area contributed by atoms with Gasteiger partial charge < -0.3 is 14.6 Å². The van der Waals surface area contributed by atoms with Crippen LogP contribution in [0.3, 0.4) is 0 Å². The summed E-state index contributed by atoms with van der Waals surface area (Å²) in [4.78, 5) is 10.5. The molecule has 0 fully saturated rings. The van der Waals surface area contributed by atoms with E-state index in [2.05, 4.69) is 15.9 Å². The number of fused-ring (bicyclic) bond motifs is 1. The number of benzene rings is 1. The van der Waals surface area contributed by atoms with E-state index < -0.39 is 5.97 Å². The van der Waals surface area contributed by atoms with Gasteiger partial charge in [0.1, 0.15) is 0 Å². The lowest BCUT2D eigenvalue weighted by Crippen LogP contribution is -1.98. The number of rotatable bonds is 4. The first-order chi connectivity index (χ1) is 8.09. The third-order valence-electron chi connectivity index (χ3n) is 2.79. The Morgan fingerprint density at radius 2 is 2.29 bits per heavy atom. The molecule has 4 nitrogen and oxygen atoms in total. The second-order valence-electron chi connectivity index (χ2n) is 3.96. The molecule has 0 atom stereocenters. The highest BCUT2D eigenvalue weighted by atomic mass is 79.9. The fourth-order valence-electron chi connectivity index (χ4n) is 1.83. The molecule has 1 aliphatic rings. The van der Waals surface area contributed by atoms with Crippen LogP contribution >= 0.6 is 15.9 Å². The number of hydrogen-bond acceptors (Lipinski definition) is 3. The molecule has 1 heterocycles. The molecule has 0 bridgehead atoms. The average molecular weight is 301 g/mol. The van der Waals surface area contributed by atoms with Gasteiger partial charge in [0.25, 0.3) is 0 Å². The smallest absolute Gasteiger partial charge is 0.303 e. The number of aryl methyl sites for hydroxylation is 1. The molecule has 0 spiro atoms. The Labute approximate surface area is 108 Å². The van der Waals surface area contributed by atoms with Gasteiger partial charge in [-0.15, -0.1) is 0 Å². The van der Waals surface area contributed by atoms with Crippen molar-refractivity contribution in [2.75, 3.05) is 6.79 Å². The van der Waals surface area contributed by atoms with Gasteiger partial charge in [-0.25, -0.2) is 0 Å². The summed E-state index contributed by atoms with van der Waals surface area (Å²) in [6.07, 6.45) is 1.54. The van der Waals surface area contributed by atoms with Crippen LogP contribution in [0.5, 0.6) is 11.5 Å². The van der Waals surface area contributed by atoms with Crippen molar-refractivity contribution in [3.05, 3.63) is 21.7 Å². The van der Waals surface area contributed by atoms with Crippen LogP contribution in [-0.2, 0) is 11.2 Å². The molecule has 92 valence electrons. The van der Waals surface area contributed by atoms with E-state index in [1.54, 1.807) is 0 Å². The molecule has 0 aromatic heterocycles. The minimum Gasteiger partial charge on any atom is -0.481 e. The Morgan fingerprint density at radius 1 is 1.53 bits per heavy atom. The zero-order valence-corrected chi connectivity index (χ0v) is 11.0. The number of carboxylic acid groups (broad SMARTS) is 1. The van der Waals surface area contributed by atoms with Crippen LogP contribution in [0.25, 0.3) is 0 Å². The Hall–Kier alpha value is -1.23. The summed E-state index contributed by atoms with van der Waals surface area (Å²) in [5.41, 5.74) is 2.18. The summed E-state index contributed by atoms with van der Waals surface area (Å²) in [5, 5.41) is 8.62. The Bertz CT molecular complexity index is 456. The van der Waals surface area contributed by atoms with E-state index in [1.165, 1.54) is 0 Å². The fourth-order valence-corrected chi connectivity index (χ4v) is 2.40. The molecule has 0 saturated carbocycles. The summed E-state index contributed by atoms with van der Waals surface area (Å²) in [6, 6.07) is 1.93. The Balaban J connectivity index is 2.17. The van der Waals surface area contributed by atoms with E-state index in [1.807, 2.05) is 13.0 Å². The maximum atomic E-state index is 10.5. The highest BCUT2D eigenvalue weighted by Gasteiger charge is 2.20. The zero-order chi connectivity index (χ0) is 12.4. The number of carbonyl (C=O) groups is 1. The van der Waals surface area contributed by atoms with Crippen molar-refractivity contribution in [1.29, 1.82) is 0 Å². The lowest BCUT2D eigenvalue weighted by Gasteiger charge is -2.09. The Morgan fingerprint density at radius 3 is 3.00 bits per heavy atom. The monoisotopic (exact) mass is 300 g/mol. The lowest BCUT2D eigenvalue weighted by molar-refractivity contribution is -0.137. The molecular weight excluding hydrogens is 288 g/mol. The van der Waals surface area contributed by atoms with E-state index in [-0.39, 0.29) is 13.2 Å². The van der Waals surface area contributed by atoms with Gasteiger partial charge in [-0.05, 0) is 52.9 Å². The van der Waals surface area contributed by atoms with Crippen molar-refractivity contribution in [3.8, 4) is 11.5 Å². The molecule has 0 aliphatic carbocycles. The van der Waals surface area contributed by atoms with E-state index in [4.69, 9.17) is 14.6 Å². The largest absolute Gasteiger partial charge is 0.481 e. The number of hydrogen-bond donors (Lipinski definition) is 1. The van der Waals surface area contributed by atoms with Gasteiger partial charge >= 0.3 is 5.97 Å². The quantitative estimate of drug-likeness (QED) is 0.929. The van der Waals surface area contributed by atoms with Gasteiger partial charge in [-0.2, -0.15) is 0 Å². The van der Waals surface area contributed by atoms with Crippen molar-refractivity contribution in [2.24, 2.45) is 0 Å². The number of carboxylic acids is 1. The van der Waals surface area contributed by atoms with Crippen molar-refractivity contribution < 1.29 is 19.4 Å². The zero-order valence-electron chi connectivity index (χ0n) is 9.46. The first-order valence-corrected chi connectivity index (χ1v) is 6.18. The molecule has 5 heteroatoms. The molecule has 0 unspecified atom stereocenters. The molecule has 2 rings (SSSR count). The number of halogens is 1. The van der Waals surface area contributed by atoms with Gasteiger partial charge in [0.05, 0.1) is 4.47 Å². The maximum Gasteiger partial charge on any atom is 0.303 e. The molecule has 1 aromatic carbocycles. The van der Waals surface area contributed by atoms with Crippen LogP contribution < -0.4 is 9.47 Å². The molecular formula is C12H13BrO4. The summed E-state index contributed by atoms with van der Waals surface area (Å²) in [5.74, 6) is 0.708. The Kier molecular flexibility index (Phi) is 3.57. The minimum absolute atomic E-state index is 0.186. The van der Waals surface area contributed by atoms with E-state index in [0.717, 1.165) is 33.5 Å². The first kappa shape index (κ1) is 12.2. The molecule has 1 aromatic rings. The fraction of sp³-hybridized carbons (Fsp3) is 0.417. The predicted molar refractivity (Wildman–Crippen MR) is 65.6 cm³/mol. The van der Waals surface area contributed by atoms with Crippen LogP contribution in [0.2, 0.25) is 0 Å². The topological polar surface area (TPSA) is 55.8 Å². The van der Waals surface area contributed by atoms with Gasteiger partial charge in [-0.3, -0.25) is 4.79 Å². The normalized spacial score (nSPS) is 12.8. The van der Waals surface area contributed by atoms with Crippen LogP contribution in [0.15, 0.2) is 10.5 Å². The van der Waals surface area contributed by atoms with Crippen molar-refractivity contribution >= 4 is 21.9 Å². The molecule has 1 N–H and O–H groups in total. The SMILES string of the molecule is Cc1c(CCCC(=O)O)cc2c(c1Br)OCO2. The second-order valence-corrected chi connectivity index (χ2v) is 4.75. The third kappa shape index (κ3) is 2.54. The van der Waals surface area contributed by atoms with E-state index in [0.29, 0.717) is 6.42 Å². The highest BCUT2D eigenvalue weighted by molar-refractivity contribution is 9.10. The molecule has 0 amide bonds. The molecule has 17 heavy (non-hydrogen) atoms. The van der Waals surface area contributed by atoms with Crippen molar-refractivity contribution in [2.45, 2.75) is 26.2 Å². The van der Waals surface area contributed by atoms with E-state index >= 15 is 0 Å². The second kappa shape index (κ2) is 4.96. The summed E-state index contributed by atoms with van der Waals surface area (Å²) in [7, 11) is 0. The van der Waals surface area contributed by atoms with Gasteiger partial charge in [0.2, 0.25) is 6.79 Å². The van der Waals surface area contributed by atoms with Gasteiger partial charge in [0, 0.05) is 6.42 Å². The number of ether oxygens (including phenoxy) is 2. The van der Waals surface area contributed by atoms with Crippen LogP contribution in [0, 0.1) is 6.92 Å². The average Bonchev–Trinajstić information content (AvgIpc) is 2.72. The summed E-state index contributed by atoms with van der Waals surface area (Å²) in [6.45, 7) is 2.23. The third-order valence-corrected chi connectivity index (χ3v) is 3.75. The summed E-state index contributed by atoms with van der Waals surface area (Å²) < 4.78 is 11.6. The standard InChI is InChI=1S/C12H13BrO4/c1-7-8(3-2-4-10(14)15)5-9-12(11(7)13)17-6-16-9/h5H,2-4,6H2,1H3,(H,14,15).